The van der Waals surface area contributed by atoms with Crippen molar-refractivity contribution >= 4 is 0 Å². The molecular formula is C26H31NO. The quantitative estimate of drug-likeness (QED) is 0.512. The third-order valence-electron chi connectivity index (χ3n) is 4.93. The average molecular weight is 374 g/mol. The SMILES string of the molecule is CCCN1CCCC1Oc1ccc(Cc2ccccc2)cc1.c1ccccc1. The van der Waals surface area contributed by atoms with Crippen LogP contribution in [0.1, 0.15) is 37.3 Å². The highest BCUT2D eigenvalue weighted by molar-refractivity contribution is 5.31. The van der Waals surface area contributed by atoms with Gasteiger partial charge in [0.25, 0.3) is 0 Å². The van der Waals surface area contributed by atoms with Crippen LogP contribution in [0.15, 0.2) is 91.0 Å². The molecule has 3 aromatic rings. The molecule has 3 aromatic carbocycles. The molecule has 0 aliphatic carbocycles. The first-order valence-corrected chi connectivity index (χ1v) is 10.4. The van der Waals surface area contributed by atoms with Crippen molar-refractivity contribution in [2.75, 3.05) is 13.1 Å². The van der Waals surface area contributed by atoms with Gasteiger partial charge < -0.3 is 4.74 Å². The number of benzene rings is 3. The van der Waals surface area contributed by atoms with Crippen LogP contribution in [0.2, 0.25) is 0 Å². The standard InChI is InChI=1S/C20H25NO.C6H6/c1-2-14-21-15-6-9-20(21)22-19-12-10-18(11-13-19)16-17-7-4-3-5-8-17;1-2-4-6-5-3-1/h3-5,7-8,10-13,20H,2,6,9,14-16H2,1H3;1-6H. The molecule has 1 aliphatic heterocycles. The second-order valence-electron chi connectivity index (χ2n) is 7.21. The summed E-state index contributed by atoms with van der Waals surface area (Å²) in [6.45, 7) is 4.54. The Kier molecular flexibility index (Phi) is 8.14. The molecule has 1 heterocycles. The van der Waals surface area contributed by atoms with E-state index in [1.165, 1.54) is 30.5 Å². The first-order valence-electron chi connectivity index (χ1n) is 10.4. The summed E-state index contributed by atoms with van der Waals surface area (Å²) in [7, 11) is 0. The number of ether oxygens (including phenoxy) is 1. The zero-order valence-corrected chi connectivity index (χ0v) is 16.8. The summed E-state index contributed by atoms with van der Waals surface area (Å²) in [6, 6.07) is 31.2. The minimum atomic E-state index is 0.264. The first-order chi connectivity index (χ1) is 13.8. The summed E-state index contributed by atoms with van der Waals surface area (Å²) < 4.78 is 6.17. The Bertz CT molecular complexity index is 744. The van der Waals surface area contributed by atoms with Crippen molar-refractivity contribution < 1.29 is 4.74 Å². The van der Waals surface area contributed by atoms with Gasteiger partial charge in [-0.05, 0) is 48.9 Å². The molecule has 146 valence electrons. The molecule has 0 amide bonds. The number of nitrogens with zero attached hydrogens (tertiary/aromatic N) is 1. The smallest absolute Gasteiger partial charge is 0.152 e. The lowest BCUT2D eigenvalue weighted by molar-refractivity contribution is 0.0608. The van der Waals surface area contributed by atoms with Crippen LogP contribution in [0.25, 0.3) is 0 Å². The highest BCUT2D eigenvalue weighted by atomic mass is 16.5. The normalized spacial score (nSPS) is 16.2. The lowest BCUT2D eigenvalue weighted by Gasteiger charge is -2.24. The second kappa shape index (κ2) is 11.3. The van der Waals surface area contributed by atoms with Gasteiger partial charge in [-0.15, -0.1) is 0 Å². The Morgan fingerprint density at radius 3 is 1.96 bits per heavy atom. The van der Waals surface area contributed by atoms with Crippen molar-refractivity contribution in [2.45, 2.75) is 38.8 Å². The molecule has 1 saturated heterocycles. The van der Waals surface area contributed by atoms with E-state index in [0.717, 1.165) is 25.1 Å². The van der Waals surface area contributed by atoms with Crippen LogP contribution in [0.4, 0.5) is 0 Å². The fourth-order valence-electron chi connectivity index (χ4n) is 3.53. The van der Waals surface area contributed by atoms with E-state index in [0.29, 0.717) is 0 Å². The van der Waals surface area contributed by atoms with Crippen molar-refractivity contribution in [1.82, 2.24) is 4.90 Å². The number of hydrogen-bond donors (Lipinski definition) is 0. The third kappa shape index (κ3) is 6.54. The first kappa shape index (κ1) is 20.2. The minimum absolute atomic E-state index is 0.264. The molecular weight excluding hydrogens is 342 g/mol. The van der Waals surface area contributed by atoms with Crippen molar-refractivity contribution in [3.63, 3.8) is 0 Å². The largest absolute Gasteiger partial charge is 0.475 e. The summed E-state index contributed by atoms with van der Waals surface area (Å²) in [5.41, 5.74) is 2.68. The van der Waals surface area contributed by atoms with E-state index in [2.05, 4.69) is 66.4 Å². The second-order valence-corrected chi connectivity index (χ2v) is 7.21. The monoisotopic (exact) mass is 373 g/mol. The lowest BCUT2D eigenvalue weighted by Crippen LogP contribution is -2.34. The van der Waals surface area contributed by atoms with E-state index in [9.17, 15) is 0 Å². The van der Waals surface area contributed by atoms with Crippen LogP contribution in [-0.2, 0) is 6.42 Å². The van der Waals surface area contributed by atoms with Gasteiger partial charge in [-0.2, -0.15) is 0 Å². The molecule has 4 rings (SSSR count). The van der Waals surface area contributed by atoms with Crippen molar-refractivity contribution in [1.29, 1.82) is 0 Å². The van der Waals surface area contributed by atoms with E-state index in [1.807, 2.05) is 36.4 Å². The molecule has 1 atom stereocenters. The average Bonchev–Trinajstić information content (AvgIpc) is 3.19. The van der Waals surface area contributed by atoms with Crippen LogP contribution >= 0.6 is 0 Å². The Labute approximate surface area is 169 Å². The summed E-state index contributed by atoms with van der Waals surface area (Å²) >= 11 is 0. The molecule has 1 fully saturated rings. The van der Waals surface area contributed by atoms with Crippen molar-refractivity contribution in [3.8, 4) is 5.75 Å². The van der Waals surface area contributed by atoms with E-state index in [1.54, 1.807) is 0 Å². The maximum Gasteiger partial charge on any atom is 0.152 e. The molecule has 28 heavy (non-hydrogen) atoms. The van der Waals surface area contributed by atoms with Crippen LogP contribution in [-0.4, -0.2) is 24.2 Å². The molecule has 2 heteroatoms. The van der Waals surface area contributed by atoms with E-state index >= 15 is 0 Å². The van der Waals surface area contributed by atoms with Crippen molar-refractivity contribution in [3.05, 3.63) is 102 Å². The predicted molar refractivity (Wildman–Crippen MR) is 118 cm³/mol. The maximum atomic E-state index is 6.17. The van der Waals surface area contributed by atoms with Crippen LogP contribution < -0.4 is 4.74 Å². The van der Waals surface area contributed by atoms with Gasteiger partial charge in [0.1, 0.15) is 5.75 Å². The van der Waals surface area contributed by atoms with Gasteiger partial charge in [-0.25, -0.2) is 0 Å². The summed E-state index contributed by atoms with van der Waals surface area (Å²) in [6.07, 6.45) is 4.82. The highest BCUT2D eigenvalue weighted by Crippen LogP contribution is 2.23. The van der Waals surface area contributed by atoms with Crippen LogP contribution in [0.5, 0.6) is 5.75 Å². The van der Waals surface area contributed by atoms with Gasteiger partial charge >= 0.3 is 0 Å². The molecule has 1 unspecified atom stereocenters. The van der Waals surface area contributed by atoms with Crippen molar-refractivity contribution in [2.24, 2.45) is 0 Å². The Morgan fingerprint density at radius 1 is 0.786 bits per heavy atom. The van der Waals surface area contributed by atoms with Gasteiger partial charge in [0.2, 0.25) is 0 Å². The van der Waals surface area contributed by atoms with Gasteiger partial charge in [-0.3, -0.25) is 4.90 Å². The molecule has 0 saturated carbocycles. The molecule has 2 nitrogen and oxygen atoms in total. The predicted octanol–water partition coefficient (Wildman–Crippen LogP) is 6.17. The Balaban J connectivity index is 0.000000320. The molecule has 0 N–H and O–H groups in total. The van der Waals surface area contributed by atoms with Crippen LogP contribution in [0.3, 0.4) is 0 Å². The summed E-state index contributed by atoms with van der Waals surface area (Å²) in [5, 5.41) is 0. The number of likely N-dealkylation sites (tertiary alicyclic amines) is 1. The molecule has 1 aliphatic rings. The van der Waals surface area contributed by atoms with E-state index in [-0.39, 0.29) is 6.23 Å². The van der Waals surface area contributed by atoms with Gasteiger partial charge in [-0.1, -0.05) is 85.8 Å². The fourth-order valence-corrected chi connectivity index (χ4v) is 3.53. The number of hydrogen-bond acceptors (Lipinski definition) is 2. The van der Waals surface area contributed by atoms with E-state index < -0.39 is 0 Å². The number of rotatable bonds is 6. The zero-order valence-electron chi connectivity index (χ0n) is 16.8. The van der Waals surface area contributed by atoms with E-state index in [4.69, 9.17) is 4.74 Å². The molecule has 0 aromatic heterocycles. The van der Waals surface area contributed by atoms with Gasteiger partial charge in [0.15, 0.2) is 6.23 Å². The topological polar surface area (TPSA) is 12.5 Å². The lowest BCUT2D eigenvalue weighted by atomic mass is 10.1. The molecule has 0 bridgehead atoms. The fraction of sp³-hybridized carbons (Fsp3) is 0.308. The minimum Gasteiger partial charge on any atom is -0.475 e. The molecule has 0 spiro atoms. The maximum absolute atomic E-state index is 6.17. The summed E-state index contributed by atoms with van der Waals surface area (Å²) in [5.74, 6) is 0.991. The van der Waals surface area contributed by atoms with Gasteiger partial charge in [0, 0.05) is 13.1 Å². The highest BCUT2D eigenvalue weighted by Gasteiger charge is 2.24. The van der Waals surface area contributed by atoms with Gasteiger partial charge in [0.05, 0.1) is 0 Å². The van der Waals surface area contributed by atoms with Crippen LogP contribution in [0, 0.1) is 0 Å². The summed E-state index contributed by atoms with van der Waals surface area (Å²) in [4.78, 5) is 2.46. The molecule has 0 radical (unpaired) electrons. The third-order valence-corrected chi connectivity index (χ3v) is 4.93. The Morgan fingerprint density at radius 2 is 1.36 bits per heavy atom. The Hall–Kier alpha value is -2.58. The zero-order chi connectivity index (χ0) is 19.4.